The molecule has 0 aliphatic rings. The van der Waals surface area contributed by atoms with Gasteiger partial charge in [0.1, 0.15) is 5.75 Å². The highest BCUT2D eigenvalue weighted by Crippen LogP contribution is 2.30. The number of hydrogen-bond donors (Lipinski definition) is 2. The van der Waals surface area contributed by atoms with Crippen LogP contribution in [0.1, 0.15) is 12.5 Å². The number of para-hydroxylation sites is 1. The van der Waals surface area contributed by atoms with Crippen LogP contribution < -0.4 is 24.8 Å². The van der Waals surface area contributed by atoms with Gasteiger partial charge in [-0.1, -0.05) is 18.2 Å². The summed E-state index contributed by atoms with van der Waals surface area (Å²) >= 11 is 0. The normalized spacial score (nSPS) is 10.6. The molecule has 0 heterocycles. The van der Waals surface area contributed by atoms with Crippen LogP contribution in [0.25, 0.3) is 0 Å². The van der Waals surface area contributed by atoms with Crippen LogP contribution in [0.3, 0.4) is 0 Å². The van der Waals surface area contributed by atoms with E-state index in [2.05, 4.69) is 21.7 Å². The minimum Gasteiger partial charge on any atom is -0.496 e. The largest absolute Gasteiger partial charge is 0.496 e. The second kappa shape index (κ2) is 12.3. The summed E-state index contributed by atoms with van der Waals surface area (Å²) in [4.78, 5) is 4.27. The second-order valence-corrected chi connectivity index (χ2v) is 5.48. The first-order chi connectivity index (χ1) is 12.7. The average molecular weight is 485 g/mol. The first-order valence-corrected chi connectivity index (χ1v) is 8.62. The summed E-state index contributed by atoms with van der Waals surface area (Å²) in [6.45, 7) is 3.25. The third-order valence-corrected chi connectivity index (χ3v) is 3.83. The van der Waals surface area contributed by atoms with E-state index in [1.54, 1.807) is 21.3 Å². The molecule has 0 bridgehead atoms. The maximum absolute atomic E-state index is 5.61. The molecule has 27 heavy (non-hydrogen) atoms. The van der Waals surface area contributed by atoms with E-state index in [1.165, 1.54) is 0 Å². The monoisotopic (exact) mass is 485 g/mol. The second-order valence-electron chi connectivity index (χ2n) is 5.48. The van der Waals surface area contributed by atoms with Crippen LogP contribution in [-0.4, -0.2) is 40.4 Å². The van der Waals surface area contributed by atoms with Crippen molar-refractivity contribution in [2.24, 2.45) is 4.99 Å². The van der Waals surface area contributed by atoms with E-state index in [-0.39, 0.29) is 24.0 Å². The van der Waals surface area contributed by atoms with Gasteiger partial charge in [0.05, 0.1) is 20.8 Å². The van der Waals surface area contributed by atoms with Crippen molar-refractivity contribution in [2.45, 2.75) is 13.3 Å². The molecule has 0 aromatic heterocycles. The van der Waals surface area contributed by atoms with Crippen LogP contribution in [0.2, 0.25) is 0 Å². The Morgan fingerprint density at radius 3 is 2.41 bits per heavy atom. The number of anilines is 1. The SMILES string of the molecule is CCOc1cc(NC(=NC)NCCc2ccccc2OC)ccc1OC.I. The predicted molar refractivity (Wildman–Crippen MR) is 121 cm³/mol. The fourth-order valence-corrected chi connectivity index (χ4v) is 2.56. The molecule has 0 spiro atoms. The van der Waals surface area contributed by atoms with E-state index in [9.17, 15) is 0 Å². The number of nitrogens with one attached hydrogen (secondary N) is 2. The fourth-order valence-electron chi connectivity index (χ4n) is 2.56. The quantitative estimate of drug-likeness (QED) is 0.337. The molecule has 6 nitrogen and oxygen atoms in total. The van der Waals surface area contributed by atoms with Gasteiger partial charge >= 0.3 is 0 Å². The van der Waals surface area contributed by atoms with E-state index in [0.29, 0.717) is 24.1 Å². The van der Waals surface area contributed by atoms with E-state index < -0.39 is 0 Å². The van der Waals surface area contributed by atoms with Gasteiger partial charge in [-0.25, -0.2) is 0 Å². The molecule has 0 aliphatic heterocycles. The van der Waals surface area contributed by atoms with Gasteiger partial charge in [-0.3, -0.25) is 4.99 Å². The number of aliphatic imine (C=N–C) groups is 1. The zero-order chi connectivity index (χ0) is 18.8. The first kappa shape index (κ1) is 22.9. The Kier molecular flexibility index (Phi) is 10.4. The molecule has 148 valence electrons. The lowest BCUT2D eigenvalue weighted by Crippen LogP contribution is -2.32. The summed E-state index contributed by atoms with van der Waals surface area (Å²) in [7, 11) is 5.06. The van der Waals surface area contributed by atoms with E-state index in [4.69, 9.17) is 14.2 Å². The highest BCUT2D eigenvalue weighted by molar-refractivity contribution is 14.0. The van der Waals surface area contributed by atoms with Gasteiger partial charge in [0.2, 0.25) is 0 Å². The molecule has 0 saturated heterocycles. The fraction of sp³-hybridized carbons (Fsp3) is 0.350. The van der Waals surface area contributed by atoms with Crippen molar-refractivity contribution in [3.63, 3.8) is 0 Å². The number of rotatable bonds is 8. The number of benzene rings is 2. The van der Waals surface area contributed by atoms with Crippen LogP contribution in [0.15, 0.2) is 47.5 Å². The van der Waals surface area contributed by atoms with Crippen LogP contribution >= 0.6 is 24.0 Å². The summed E-state index contributed by atoms with van der Waals surface area (Å²) in [6, 6.07) is 13.7. The van der Waals surface area contributed by atoms with Crippen LogP contribution in [0.5, 0.6) is 17.2 Å². The Balaban J connectivity index is 0.00000364. The number of ether oxygens (including phenoxy) is 3. The van der Waals surface area contributed by atoms with Crippen molar-refractivity contribution in [1.29, 1.82) is 0 Å². The minimum atomic E-state index is 0. The Labute approximate surface area is 178 Å². The van der Waals surface area contributed by atoms with Gasteiger partial charge in [-0.2, -0.15) is 0 Å². The number of nitrogens with zero attached hydrogens (tertiary/aromatic N) is 1. The van der Waals surface area contributed by atoms with Gasteiger partial charge in [-0.05, 0) is 37.1 Å². The van der Waals surface area contributed by atoms with Crippen molar-refractivity contribution in [3.05, 3.63) is 48.0 Å². The summed E-state index contributed by atoms with van der Waals surface area (Å²) in [5.41, 5.74) is 2.03. The molecular weight excluding hydrogens is 457 g/mol. The molecule has 0 unspecified atom stereocenters. The Bertz CT molecular complexity index is 738. The molecule has 2 N–H and O–H groups in total. The zero-order valence-electron chi connectivity index (χ0n) is 16.2. The number of methoxy groups -OCH3 is 2. The summed E-state index contributed by atoms with van der Waals surface area (Å²) in [5, 5.41) is 6.57. The summed E-state index contributed by atoms with van der Waals surface area (Å²) < 4.78 is 16.3. The molecule has 0 atom stereocenters. The van der Waals surface area contributed by atoms with Gasteiger partial charge in [-0.15, -0.1) is 24.0 Å². The van der Waals surface area contributed by atoms with Gasteiger partial charge in [0.25, 0.3) is 0 Å². The molecule has 2 aromatic rings. The van der Waals surface area contributed by atoms with Crippen LogP contribution in [-0.2, 0) is 6.42 Å². The van der Waals surface area contributed by atoms with E-state index >= 15 is 0 Å². The molecule has 0 amide bonds. The molecule has 7 heteroatoms. The topological polar surface area (TPSA) is 64.1 Å². The molecular formula is C20H28IN3O3. The number of halogens is 1. The standard InChI is InChI=1S/C20H27N3O3.HI/c1-5-26-19-14-16(10-11-18(19)25-4)23-20(21-2)22-13-12-15-8-6-7-9-17(15)24-3;/h6-11,14H,5,12-13H2,1-4H3,(H2,21,22,23);1H. The Morgan fingerprint density at radius 2 is 1.74 bits per heavy atom. The average Bonchev–Trinajstić information content (AvgIpc) is 2.68. The van der Waals surface area contributed by atoms with Crippen molar-refractivity contribution in [2.75, 3.05) is 39.7 Å². The third-order valence-electron chi connectivity index (χ3n) is 3.83. The van der Waals surface area contributed by atoms with Gasteiger partial charge in [0.15, 0.2) is 17.5 Å². The maximum atomic E-state index is 5.61. The van der Waals surface area contributed by atoms with E-state index in [0.717, 1.165) is 30.0 Å². The first-order valence-electron chi connectivity index (χ1n) is 8.62. The Hall–Kier alpha value is -2.16. The van der Waals surface area contributed by atoms with Crippen LogP contribution in [0, 0.1) is 0 Å². The summed E-state index contributed by atoms with van der Waals surface area (Å²) in [6.07, 6.45) is 0.831. The Morgan fingerprint density at radius 1 is 1.00 bits per heavy atom. The van der Waals surface area contributed by atoms with Gasteiger partial charge < -0.3 is 24.8 Å². The zero-order valence-corrected chi connectivity index (χ0v) is 18.6. The lowest BCUT2D eigenvalue weighted by Gasteiger charge is -2.15. The maximum Gasteiger partial charge on any atom is 0.195 e. The van der Waals surface area contributed by atoms with Crippen LogP contribution in [0.4, 0.5) is 5.69 Å². The molecule has 0 fully saturated rings. The van der Waals surface area contributed by atoms with Gasteiger partial charge in [0, 0.05) is 25.3 Å². The van der Waals surface area contributed by atoms with Crippen molar-refractivity contribution in [1.82, 2.24) is 5.32 Å². The molecule has 2 aromatic carbocycles. The predicted octanol–water partition coefficient (Wildman–Crippen LogP) is 3.95. The highest BCUT2D eigenvalue weighted by Gasteiger charge is 2.07. The van der Waals surface area contributed by atoms with Crippen molar-refractivity contribution in [3.8, 4) is 17.2 Å². The molecule has 0 aliphatic carbocycles. The molecule has 0 radical (unpaired) electrons. The molecule has 0 saturated carbocycles. The minimum absolute atomic E-state index is 0. The third kappa shape index (κ3) is 6.82. The van der Waals surface area contributed by atoms with Crippen molar-refractivity contribution < 1.29 is 14.2 Å². The lowest BCUT2D eigenvalue weighted by atomic mass is 10.1. The number of guanidine groups is 1. The number of hydrogen-bond acceptors (Lipinski definition) is 4. The smallest absolute Gasteiger partial charge is 0.195 e. The lowest BCUT2D eigenvalue weighted by molar-refractivity contribution is 0.311. The van der Waals surface area contributed by atoms with Crippen molar-refractivity contribution >= 4 is 35.6 Å². The molecule has 2 rings (SSSR count). The van der Waals surface area contributed by atoms with E-state index in [1.807, 2.05) is 43.3 Å². The summed E-state index contributed by atoms with van der Waals surface area (Å²) in [5.74, 6) is 2.99. The highest BCUT2D eigenvalue weighted by atomic mass is 127.